The van der Waals surface area contributed by atoms with Gasteiger partial charge in [0.2, 0.25) is 0 Å². The van der Waals surface area contributed by atoms with Gasteiger partial charge in [-0.05, 0) is 71.0 Å². The summed E-state index contributed by atoms with van der Waals surface area (Å²) in [5.74, 6) is 0.0192. The van der Waals surface area contributed by atoms with Crippen LogP contribution in [0.5, 0.6) is 17.2 Å². The van der Waals surface area contributed by atoms with Gasteiger partial charge in [-0.15, -0.1) is 0 Å². The van der Waals surface area contributed by atoms with Crippen LogP contribution in [0, 0.1) is 0 Å². The van der Waals surface area contributed by atoms with Crippen molar-refractivity contribution in [3.63, 3.8) is 0 Å². The maximum absolute atomic E-state index is 13.6. The van der Waals surface area contributed by atoms with E-state index in [1.54, 1.807) is 72.8 Å². The highest BCUT2D eigenvalue weighted by atomic mass is 16.5. The number of nitrogens with one attached hydrogen (secondary N) is 2. The van der Waals surface area contributed by atoms with Gasteiger partial charge in [0.1, 0.15) is 11.4 Å². The highest BCUT2D eigenvalue weighted by Gasteiger charge is 2.18. The van der Waals surface area contributed by atoms with E-state index in [0.717, 1.165) is 16.3 Å². The molecular formula is C38H32N2O6. The molecule has 0 aliphatic carbocycles. The van der Waals surface area contributed by atoms with Crippen molar-refractivity contribution in [2.45, 2.75) is 0 Å². The molecule has 5 aromatic carbocycles. The van der Waals surface area contributed by atoms with Crippen LogP contribution in [-0.4, -0.2) is 38.9 Å². The number of ether oxygens (including phenoxy) is 3. The van der Waals surface area contributed by atoms with Crippen LogP contribution in [0.1, 0.15) is 31.8 Å². The molecule has 46 heavy (non-hydrogen) atoms. The van der Waals surface area contributed by atoms with Gasteiger partial charge in [0, 0.05) is 28.4 Å². The normalized spacial score (nSPS) is 11.2. The molecule has 0 saturated heterocycles. The molecule has 0 fully saturated rings. The fourth-order valence-corrected chi connectivity index (χ4v) is 4.84. The summed E-state index contributed by atoms with van der Waals surface area (Å²) in [6.07, 6.45) is 4.83. The molecule has 0 unspecified atom stereocenters. The Hall–Kier alpha value is -6.15. The lowest BCUT2D eigenvalue weighted by molar-refractivity contribution is -0.113. The van der Waals surface area contributed by atoms with Crippen molar-refractivity contribution in [3.8, 4) is 17.2 Å². The van der Waals surface area contributed by atoms with E-state index in [1.165, 1.54) is 33.5 Å². The number of hydrogen-bond donors (Lipinski definition) is 2. The van der Waals surface area contributed by atoms with Crippen molar-refractivity contribution < 1.29 is 28.6 Å². The third-order valence-corrected chi connectivity index (χ3v) is 7.23. The average Bonchev–Trinajstić information content (AvgIpc) is 3.10. The number of carbonyl (C=O) groups excluding carboxylic acids is 3. The topological polar surface area (TPSA) is 103 Å². The van der Waals surface area contributed by atoms with Gasteiger partial charge in [0.05, 0.1) is 21.3 Å². The van der Waals surface area contributed by atoms with Gasteiger partial charge >= 0.3 is 0 Å². The van der Waals surface area contributed by atoms with Gasteiger partial charge in [-0.25, -0.2) is 0 Å². The SMILES string of the molecule is COc1cc(OC)c(OC)cc1/C=C(\NC(=O)c1ccccc1)C(=O)Nc1ccc(C(=O)/C=C/c2cccc3ccccc23)cc1. The van der Waals surface area contributed by atoms with Crippen molar-refractivity contribution in [1.29, 1.82) is 0 Å². The molecule has 0 atom stereocenters. The first-order valence-corrected chi connectivity index (χ1v) is 14.4. The van der Waals surface area contributed by atoms with Crippen LogP contribution in [0.15, 0.2) is 121 Å². The van der Waals surface area contributed by atoms with Gasteiger partial charge < -0.3 is 24.8 Å². The molecule has 0 aromatic heterocycles. The van der Waals surface area contributed by atoms with E-state index in [-0.39, 0.29) is 11.5 Å². The second-order valence-electron chi connectivity index (χ2n) is 10.1. The van der Waals surface area contributed by atoms with Crippen molar-refractivity contribution in [3.05, 3.63) is 143 Å². The van der Waals surface area contributed by atoms with Gasteiger partial charge in [-0.3, -0.25) is 14.4 Å². The molecule has 0 saturated carbocycles. The van der Waals surface area contributed by atoms with E-state index in [9.17, 15) is 14.4 Å². The number of methoxy groups -OCH3 is 3. The summed E-state index contributed by atoms with van der Waals surface area (Å²) < 4.78 is 16.3. The average molecular weight is 613 g/mol. The second kappa shape index (κ2) is 14.5. The number of fused-ring (bicyclic) bond motifs is 1. The Kier molecular flexibility index (Phi) is 9.89. The number of amides is 2. The van der Waals surface area contributed by atoms with Crippen LogP contribution >= 0.6 is 0 Å². The number of carbonyl (C=O) groups is 3. The third kappa shape index (κ3) is 7.31. The van der Waals surface area contributed by atoms with Crippen LogP contribution < -0.4 is 24.8 Å². The first-order valence-electron chi connectivity index (χ1n) is 14.4. The van der Waals surface area contributed by atoms with E-state index in [1.807, 2.05) is 42.5 Å². The molecule has 5 rings (SSSR count). The number of allylic oxidation sites excluding steroid dienone is 1. The number of benzene rings is 5. The molecule has 0 heterocycles. The van der Waals surface area contributed by atoms with Crippen molar-refractivity contribution >= 4 is 46.2 Å². The highest BCUT2D eigenvalue weighted by Crippen LogP contribution is 2.35. The number of ketones is 1. The lowest BCUT2D eigenvalue weighted by Crippen LogP contribution is -2.30. The molecule has 0 aliphatic heterocycles. The second-order valence-corrected chi connectivity index (χ2v) is 10.1. The lowest BCUT2D eigenvalue weighted by atomic mass is 10.0. The molecule has 8 nitrogen and oxygen atoms in total. The van der Waals surface area contributed by atoms with Gasteiger partial charge in [0.15, 0.2) is 17.3 Å². The predicted molar refractivity (Wildman–Crippen MR) is 180 cm³/mol. The van der Waals surface area contributed by atoms with Crippen molar-refractivity contribution in [2.24, 2.45) is 0 Å². The Labute approximate surface area is 266 Å². The fraction of sp³-hybridized carbons (Fsp3) is 0.0789. The van der Waals surface area contributed by atoms with Crippen molar-refractivity contribution in [1.82, 2.24) is 5.32 Å². The third-order valence-electron chi connectivity index (χ3n) is 7.23. The number of rotatable bonds is 11. The number of anilines is 1. The van der Waals surface area contributed by atoms with Crippen LogP contribution in [0.25, 0.3) is 22.9 Å². The Bertz CT molecular complexity index is 1940. The Morgan fingerprint density at radius 3 is 2.00 bits per heavy atom. The molecule has 0 bridgehead atoms. The molecule has 5 aromatic rings. The van der Waals surface area contributed by atoms with E-state index in [0.29, 0.717) is 39.6 Å². The Morgan fingerprint density at radius 2 is 1.28 bits per heavy atom. The van der Waals surface area contributed by atoms with Gasteiger partial charge in [0.25, 0.3) is 11.8 Å². The predicted octanol–water partition coefficient (Wildman–Crippen LogP) is 7.17. The van der Waals surface area contributed by atoms with Crippen molar-refractivity contribution in [2.75, 3.05) is 26.6 Å². The van der Waals surface area contributed by atoms with E-state index in [2.05, 4.69) is 10.6 Å². The smallest absolute Gasteiger partial charge is 0.272 e. The Balaban J connectivity index is 1.38. The summed E-state index contributed by atoms with van der Waals surface area (Å²) >= 11 is 0. The Morgan fingerprint density at radius 1 is 0.630 bits per heavy atom. The minimum absolute atomic E-state index is 0.0439. The van der Waals surface area contributed by atoms with Crippen LogP contribution in [-0.2, 0) is 4.79 Å². The molecule has 0 radical (unpaired) electrons. The first-order chi connectivity index (χ1) is 22.4. The minimum atomic E-state index is -0.587. The molecule has 0 aliphatic rings. The van der Waals surface area contributed by atoms with Crippen LogP contribution in [0.2, 0.25) is 0 Å². The minimum Gasteiger partial charge on any atom is -0.496 e. The van der Waals surface area contributed by atoms with Crippen LogP contribution in [0.4, 0.5) is 5.69 Å². The standard InChI is InChI=1S/C38H32N2O6/c1-44-34-24-36(46-3)35(45-2)23-29(34)22-32(40-37(42)28-11-5-4-6-12-28)38(43)39-30-19-16-27(17-20-30)33(41)21-18-26-14-9-13-25-10-7-8-15-31(25)26/h4-24H,1-3H3,(H,39,43)(H,40,42)/b21-18+,32-22-. The van der Waals surface area contributed by atoms with Crippen LogP contribution in [0.3, 0.4) is 0 Å². The zero-order valence-corrected chi connectivity index (χ0v) is 25.6. The first kappa shape index (κ1) is 31.3. The fourth-order valence-electron chi connectivity index (χ4n) is 4.84. The molecule has 230 valence electrons. The van der Waals surface area contributed by atoms with E-state index in [4.69, 9.17) is 14.2 Å². The zero-order chi connectivity index (χ0) is 32.5. The van der Waals surface area contributed by atoms with Gasteiger partial charge in [-0.1, -0.05) is 66.7 Å². The maximum Gasteiger partial charge on any atom is 0.272 e. The summed E-state index contributed by atoms with van der Waals surface area (Å²) in [6, 6.07) is 32.3. The lowest BCUT2D eigenvalue weighted by Gasteiger charge is -2.15. The quantitative estimate of drug-likeness (QED) is 0.121. The summed E-state index contributed by atoms with van der Waals surface area (Å²) in [5.41, 5.74) is 2.63. The summed E-state index contributed by atoms with van der Waals surface area (Å²) in [5, 5.41) is 7.67. The van der Waals surface area contributed by atoms with Gasteiger partial charge in [-0.2, -0.15) is 0 Å². The molecular weight excluding hydrogens is 580 g/mol. The zero-order valence-electron chi connectivity index (χ0n) is 25.6. The monoisotopic (exact) mass is 612 g/mol. The molecule has 0 spiro atoms. The molecule has 2 N–H and O–H groups in total. The molecule has 2 amide bonds. The summed E-state index contributed by atoms with van der Waals surface area (Å²) in [4.78, 5) is 39.6. The largest absolute Gasteiger partial charge is 0.496 e. The number of hydrogen-bond acceptors (Lipinski definition) is 6. The maximum atomic E-state index is 13.6. The summed E-state index contributed by atoms with van der Waals surface area (Å²) in [6.45, 7) is 0. The molecule has 8 heteroatoms. The summed E-state index contributed by atoms with van der Waals surface area (Å²) in [7, 11) is 4.49. The highest BCUT2D eigenvalue weighted by molar-refractivity contribution is 6.11. The van der Waals surface area contributed by atoms with E-state index < -0.39 is 11.8 Å². The van der Waals surface area contributed by atoms with E-state index >= 15 is 0 Å².